The predicted octanol–water partition coefficient (Wildman–Crippen LogP) is 4.85. The Morgan fingerprint density at radius 3 is 2.35 bits per heavy atom. The fourth-order valence-corrected chi connectivity index (χ4v) is 3.27. The van der Waals surface area contributed by atoms with Gasteiger partial charge in [0.05, 0.1) is 0 Å². The lowest BCUT2D eigenvalue weighted by molar-refractivity contribution is 0.119. The standard InChI is InChI=1S/C19H31N/c1-6-17-14-20(12-11-15(17)2)13-16-7-9-18(10-8-16)19(3,4)5/h7-10,15,17H,6,11-14H2,1-5H3/t15-,17-/m1/s1. The van der Waals surface area contributed by atoms with Crippen LogP contribution < -0.4 is 0 Å². The van der Waals surface area contributed by atoms with E-state index in [1.165, 1.54) is 37.1 Å². The number of hydrogen-bond acceptors (Lipinski definition) is 1. The van der Waals surface area contributed by atoms with Gasteiger partial charge in [0.2, 0.25) is 0 Å². The highest BCUT2D eigenvalue weighted by atomic mass is 15.1. The van der Waals surface area contributed by atoms with Gasteiger partial charge in [0.25, 0.3) is 0 Å². The zero-order valence-corrected chi connectivity index (χ0v) is 13.9. The Labute approximate surface area is 125 Å². The Morgan fingerprint density at radius 2 is 1.80 bits per heavy atom. The first-order chi connectivity index (χ1) is 9.40. The summed E-state index contributed by atoms with van der Waals surface area (Å²) in [5, 5.41) is 0. The van der Waals surface area contributed by atoms with Crippen molar-refractivity contribution >= 4 is 0 Å². The summed E-state index contributed by atoms with van der Waals surface area (Å²) in [6.07, 6.45) is 2.68. The number of nitrogens with zero attached hydrogens (tertiary/aromatic N) is 1. The van der Waals surface area contributed by atoms with Gasteiger partial charge < -0.3 is 0 Å². The fourth-order valence-electron chi connectivity index (χ4n) is 3.27. The van der Waals surface area contributed by atoms with Crippen molar-refractivity contribution in [2.45, 2.75) is 59.4 Å². The maximum Gasteiger partial charge on any atom is 0.0233 e. The van der Waals surface area contributed by atoms with Gasteiger partial charge in [0.15, 0.2) is 0 Å². The van der Waals surface area contributed by atoms with Crippen LogP contribution in [0.4, 0.5) is 0 Å². The molecule has 1 nitrogen and oxygen atoms in total. The second-order valence-electron chi connectivity index (χ2n) is 7.62. The van der Waals surface area contributed by atoms with Gasteiger partial charge in [0, 0.05) is 13.1 Å². The van der Waals surface area contributed by atoms with Crippen LogP contribution in [0.2, 0.25) is 0 Å². The highest BCUT2D eigenvalue weighted by Crippen LogP contribution is 2.27. The van der Waals surface area contributed by atoms with Crippen LogP contribution in [-0.4, -0.2) is 18.0 Å². The molecular formula is C19H31N. The normalized spacial score (nSPS) is 24.9. The number of hydrogen-bond donors (Lipinski definition) is 0. The average molecular weight is 273 g/mol. The van der Waals surface area contributed by atoms with Crippen LogP contribution in [-0.2, 0) is 12.0 Å². The molecule has 0 aromatic heterocycles. The third-order valence-electron chi connectivity index (χ3n) is 4.95. The van der Waals surface area contributed by atoms with Crippen LogP contribution >= 0.6 is 0 Å². The Balaban J connectivity index is 1.97. The van der Waals surface area contributed by atoms with Crippen LogP contribution in [0.15, 0.2) is 24.3 Å². The predicted molar refractivity (Wildman–Crippen MR) is 88.0 cm³/mol. The molecular weight excluding hydrogens is 242 g/mol. The molecule has 1 heteroatoms. The quantitative estimate of drug-likeness (QED) is 0.761. The van der Waals surface area contributed by atoms with Crippen molar-refractivity contribution in [3.8, 4) is 0 Å². The summed E-state index contributed by atoms with van der Waals surface area (Å²) in [4.78, 5) is 2.64. The molecule has 1 aromatic carbocycles. The SMILES string of the molecule is CC[C@@H]1CN(Cc2ccc(C(C)(C)C)cc2)CC[C@H]1C. The van der Waals surface area contributed by atoms with Gasteiger partial charge in [-0.15, -0.1) is 0 Å². The van der Waals surface area contributed by atoms with Gasteiger partial charge in [-0.3, -0.25) is 4.90 Å². The second kappa shape index (κ2) is 6.30. The molecule has 0 spiro atoms. The lowest BCUT2D eigenvalue weighted by Gasteiger charge is -2.36. The molecule has 0 saturated carbocycles. The van der Waals surface area contributed by atoms with Crippen molar-refractivity contribution in [3.63, 3.8) is 0 Å². The largest absolute Gasteiger partial charge is 0.299 e. The molecule has 0 unspecified atom stereocenters. The maximum absolute atomic E-state index is 2.64. The van der Waals surface area contributed by atoms with Gasteiger partial charge in [-0.05, 0) is 41.3 Å². The Hall–Kier alpha value is -0.820. The molecule has 0 bridgehead atoms. The van der Waals surface area contributed by atoms with Crippen LogP contribution in [0.25, 0.3) is 0 Å². The molecule has 2 rings (SSSR count). The number of piperidine rings is 1. The third kappa shape index (κ3) is 3.85. The molecule has 1 saturated heterocycles. The topological polar surface area (TPSA) is 3.24 Å². The molecule has 0 N–H and O–H groups in total. The summed E-state index contributed by atoms with van der Waals surface area (Å²) >= 11 is 0. The van der Waals surface area contributed by atoms with Crippen molar-refractivity contribution in [3.05, 3.63) is 35.4 Å². The van der Waals surface area contributed by atoms with E-state index < -0.39 is 0 Å². The van der Waals surface area contributed by atoms with E-state index in [2.05, 4.69) is 63.8 Å². The van der Waals surface area contributed by atoms with Crippen LogP contribution in [0, 0.1) is 11.8 Å². The van der Waals surface area contributed by atoms with E-state index >= 15 is 0 Å². The van der Waals surface area contributed by atoms with Gasteiger partial charge in [-0.1, -0.05) is 65.3 Å². The maximum atomic E-state index is 2.64. The van der Waals surface area contributed by atoms with Crippen molar-refractivity contribution in [2.24, 2.45) is 11.8 Å². The monoisotopic (exact) mass is 273 g/mol. The molecule has 0 amide bonds. The first kappa shape index (κ1) is 15.6. The van der Waals surface area contributed by atoms with E-state index in [1.807, 2.05) is 0 Å². The highest BCUT2D eigenvalue weighted by molar-refractivity contribution is 5.27. The Bertz CT molecular complexity index is 412. The Morgan fingerprint density at radius 1 is 1.15 bits per heavy atom. The van der Waals surface area contributed by atoms with Gasteiger partial charge in [-0.2, -0.15) is 0 Å². The summed E-state index contributed by atoms with van der Waals surface area (Å²) < 4.78 is 0. The average Bonchev–Trinajstić information content (AvgIpc) is 2.40. The first-order valence-corrected chi connectivity index (χ1v) is 8.22. The van der Waals surface area contributed by atoms with E-state index in [-0.39, 0.29) is 5.41 Å². The van der Waals surface area contributed by atoms with Crippen molar-refractivity contribution in [2.75, 3.05) is 13.1 Å². The lowest BCUT2D eigenvalue weighted by Crippen LogP contribution is -2.38. The van der Waals surface area contributed by atoms with Crippen molar-refractivity contribution in [1.82, 2.24) is 4.90 Å². The molecule has 1 aliphatic heterocycles. The van der Waals surface area contributed by atoms with E-state index in [0.29, 0.717) is 0 Å². The fraction of sp³-hybridized carbons (Fsp3) is 0.684. The van der Waals surface area contributed by atoms with E-state index in [9.17, 15) is 0 Å². The van der Waals surface area contributed by atoms with Crippen LogP contribution in [0.3, 0.4) is 0 Å². The molecule has 2 atom stereocenters. The van der Waals surface area contributed by atoms with Gasteiger partial charge in [0.1, 0.15) is 0 Å². The van der Waals surface area contributed by atoms with Gasteiger partial charge in [-0.25, -0.2) is 0 Å². The van der Waals surface area contributed by atoms with E-state index in [0.717, 1.165) is 18.4 Å². The zero-order valence-electron chi connectivity index (χ0n) is 13.9. The lowest BCUT2D eigenvalue weighted by atomic mass is 9.85. The van der Waals surface area contributed by atoms with E-state index in [1.54, 1.807) is 0 Å². The number of likely N-dealkylation sites (tertiary alicyclic amines) is 1. The minimum Gasteiger partial charge on any atom is -0.299 e. The number of benzene rings is 1. The molecule has 112 valence electrons. The second-order valence-corrected chi connectivity index (χ2v) is 7.62. The molecule has 1 heterocycles. The summed E-state index contributed by atoms with van der Waals surface area (Å²) in [6.45, 7) is 15.2. The highest BCUT2D eigenvalue weighted by Gasteiger charge is 2.24. The van der Waals surface area contributed by atoms with Crippen molar-refractivity contribution < 1.29 is 0 Å². The minimum absolute atomic E-state index is 0.256. The summed E-state index contributed by atoms with van der Waals surface area (Å²) in [7, 11) is 0. The molecule has 1 fully saturated rings. The first-order valence-electron chi connectivity index (χ1n) is 8.22. The van der Waals surface area contributed by atoms with Crippen LogP contribution in [0.1, 0.15) is 58.6 Å². The van der Waals surface area contributed by atoms with Crippen molar-refractivity contribution in [1.29, 1.82) is 0 Å². The molecule has 1 aliphatic rings. The van der Waals surface area contributed by atoms with Crippen LogP contribution in [0.5, 0.6) is 0 Å². The number of rotatable bonds is 3. The summed E-state index contributed by atoms with van der Waals surface area (Å²) in [5.74, 6) is 1.79. The summed E-state index contributed by atoms with van der Waals surface area (Å²) in [6, 6.07) is 9.25. The zero-order chi connectivity index (χ0) is 14.8. The van der Waals surface area contributed by atoms with Gasteiger partial charge >= 0.3 is 0 Å². The molecule has 0 radical (unpaired) electrons. The molecule has 20 heavy (non-hydrogen) atoms. The minimum atomic E-state index is 0.256. The molecule has 1 aromatic rings. The molecule has 0 aliphatic carbocycles. The van der Waals surface area contributed by atoms with E-state index in [4.69, 9.17) is 0 Å². The third-order valence-corrected chi connectivity index (χ3v) is 4.95. The smallest absolute Gasteiger partial charge is 0.0233 e. The Kier molecular flexibility index (Phi) is 4.90. The summed E-state index contributed by atoms with van der Waals surface area (Å²) in [5.41, 5.74) is 3.15.